The third-order valence-corrected chi connectivity index (χ3v) is 6.48. The van der Waals surface area contributed by atoms with Crippen LogP contribution < -0.4 is 4.90 Å². The lowest BCUT2D eigenvalue weighted by Crippen LogP contribution is -2.46. The van der Waals surface area contributed by atoms with Gasteiger partial charge >= 0.3 is 0 Å². The van der Waals surface area contributed by atoms with Gasteiger partial charge in [0.15, 0.2) is 11.4 Å². The van der Waals surface area contributed by atoms with Crippen LogP contribution in [0.3, 0.4) is 0 Å². The van der Waals surface area contributed by atoms with Crippen molar-refractivity contribution in [1.82, 2.24) is 10.1 Å². The summed E-state index contributed by atoms with van der Waals surface area (Å²) in [6, 6.07) is 21.9. The van der Waals surface area contributed by atoms with Crippen LogP contribution in [0.1, 0.15) is 16.7 Å². The number of fused-ring (bicyclic) bond motifs is 1. The van der Waals surface area contributed by atoms with Gasteiger partial charge in [-0.15, -0.1) is 0 Å². The fourth-order valence-corrected chi connectivity index (χ4v) is 4.31. The highest BCUT2D eigenvalue weighted by Gasteiger charge is 2.21. The molecule has 2 heterocycles. The molecule has 1 saturated heterocycles. The van der Waals surface area contributed by atoms with Crippen molar-refractivity contribution in [2.75, 3.05) is 31.1 Å². The van der Waals surface area contributed by atoms with E-state index in [0.29, 0.717) is 10.0 Å². The monoisotopic (exact) mass is 461 g/mol. The van der Waals surface area contributed by atoms with Gasteiger partial charge in [-0.25, -0.2) is 0 Å². The van der Waals surface area contributed by atoms with E-state index in [1.165, 1.54) is 5.56 Å². The summed E-state index contributed by atoms with van der Waals surface area (Å²) >= 11 is 12.3. The summed E-state index contributed by atoms with van der Waals surface area (Å²) in [7, 11) is 0. The molecule has 32 heavy (non-hydrogen) atoms. The lowest BCUT2D eigenvalue weighted by Gasteiger charge is -2.34. The zero-order chi connectivity index (χ0) is 21.9. The Bertz CT molecular complexity index is 1310. The summed E-state index contributed by atoms with van der Waals surface area (Å²) in [4.78, 5) is 4.76. The van der Waals surface area contributed by atoms with Crippen LogP contribution in [0.15, 0.2) is 71.3 Å². The van der Waals surface area contributed by atoms with E-state index >= 15 is 0 Å². The Morgan fingerprint density at radius 3 is 2.56 bits per heavy atom. The normalized spacial score (nSPS) is 14.4. The van der Waals surface area contributed by atoms with Crippen molar-refractivity contribution in [3.8, 4) is 11.8 Å². The minimum absolute atomic E-state index is 0.496. The molecule has 160 valence electrons. The van der Waals surface area contributed by atoms with Crippen LogP contribution in [0, 0.1) is 11.8 Å². The molecule has 0 unspecified atom stereocenters. The largest absolute Gasteiger partial charge is 0.354 e. The molecule has 0 spiro atoms. The van der Waals surface area contributed by atoms with Crippen molar-refractivity contribution in [2.24, 2.45) is 0 Å². The molecular weight excluding hydrogens is 441 g/mol. The molecule has 0 saturated carbocycles. The van der Waals surface area contributed by atoms with E-state index in [2.05, 4.69) is 51.1 Å². The summed E-state index contributed by atoms with van der Waals surface area (Å²) in [5.41, 5.74) is 3.78. The molecule has 5 rings (SSSR count). The van der Waals surface area contributed by atoms with Gasteiger partial charge in [0.05, 0.1) is 15.4 Å². The van der Waals surface area contributed by atoms with E-state index < -0.39 is 0 Å². The second-order valence-electron chi connectivity index (χ2n) is 7.82. The van der Waals surface area contributed by atoms with Crippen LogP contribution >= 0.6 is 23.2 Å². The third kappa shape index (κ3) is 4.47. The number of rotatable bonds is 3. The van der Waals surface area contributed by atoms with Crippen molar-refractivity contribution in [3.63, 3.8) is 0 Å². The number of nitrogens with zero attached hydrogens (tertiary/aromatic N) is 3. The number of para-hydroxylation sites is 1. The molecule has 1 fully saturated rings. The zero-order valence-electron chi connectivity index (χ0n) is 17.4. The summed E-state index contributed by atoms with van der Waals surface area (Å²) < 4.78 is 5.47. The summed E-state index contributed by atoms with van der Waals surface area (Å²) in [5.74, 6) is 7.29. The number of anilines is 1. The molecule has 0 aliphatic carbocycles. The van der Waals surface area contributed by atoms with Crippen LogP contribution in [0.4, 0.5) is 5.82 Å². The Kier molecular flexibility index (Phi) is 6.05. The Hall–Kier alpha value is -2.97. The lowest BCUT2D eigenvalue weighted by atomic mass is 10.1. The highest BCUT2D eigenvalue weighted by Crippen LogP contribution is 2.27. The first-order chi connectivity index (χ1) is 15.7. The summed E-state index contributed by atoms with van der Waals surface area (Å²) in [6.07, 6.45) is 0. The Labute approximate surface area is 197 Å². The molecule has 0 bridgehead atoms. The van der Waals surface area contributed by atoms with E-state index in [9.17, 15) is 0 Å². The first-order valence-electron chi connectivity index (χ1n) is 10.5. The standard InChI is InChI=1S/C26H21Cl2N3O/c27-23-9-4-7-21(25(23)28)12-11-19-5-3-6-20(17-19)18-30-13-15-31(16-14-30)26-22-8-1-2-10-24(22)32-29-26/h1-10,17H,13-16,18H2. The molecule has 1 aliphatic heterocycles. The maximum Gasteiger partial charge on any atom is 0.180 e. The summed E-state index contributed by atoms with van der Waals surface area (Å²) in [5, 5.41) is 6.39. The molecule has 0 radical (unpaired) electrons. The number of hydrogen-bond acceptors (Lipinski definition) is 4. The van der Waals surface area contributed by atoms with Crippen molar-refractivity contribution < 1.29 is 4.52 Å². The van der Waals surface area contributed by atoms with Gasteiger partial charge in [-0.3, -0.25) is 4.90 Å². The van der Waals surface area contributed by atoms with Gasteiger partial charge in [0.1, 0.15) is 0 Å². The SMILES string of the molecule is Clc1cccc(C#Cc2cccc(CN3CCN(c4noc5ccccc45)CC3)c2)c1Cl. The van der Waals surface area contributed by atoms with Crippen molar-refractivity contribution in [2.45, 2.75) is 6.54 Å². The van der Waals surface area contributed by atoms with Crippen molar-refractivity contribution in [3.05, 3.63) is 93.5 Å². The Morgan fingerprint density at radius 2 is 1.69 bits per heavy atom. The van der Waals surface area contributed by atoms with E-state index in [4.69, 9.17) is 27.7 Å². The molecule has 3 aromatic carbocycles. The van der Waals surface area contributed by atoms with Gasteiger partial charge in [0.2, 0.25) is 0 Å². The lowest BCUT2D eigenvalue weighted by molar-refractivity contribution is 0.248. The first-order valence-corrected chi connectivity index (χ1v) is 11.3. The molecule has 4 aromatic rings. The zero-order valence-corrected chi connectivity index (χ0v) is 18.9. The number of hydrogen-bond donors (Lipinski definition) is 0. The van der Waals surface area contributed by atoms with Crippen LogP contribution in [0.2, 0.25) is 10.0 Å². The van der Waals surface area contributed by atoms with Crippen LogP contribution in [0.5, 0.6) is 0 Å². The molecule has 0 N–H and O–H groups in total. The summed E-state index contributed by atoms with van der Waals surface area (Å²) in [6.45, 7) is 4.66. The highest BCUT2D eigenvalue weighted by atomic mass is 35.5. The molecular formula is C26H21Cl2N3O. The van der Waals surface area contributed by atoms with E-state index in [0.717, 1.165) is 60.6 Å². The topological polar surface area (TPSA) is 32.5 Å². The third-order valence-electron chi connectivity index (χ3n) is 5.66. The predicted octanol–water partition coefficient (Wildman–Crippen LogP) is 5.86. The van der Waals surface area contributed by atoms with Gasteiger partial charge in [0.25, 0.3) is 0 Å². The van der Waals surface area contributed by atoms with Crippen LogP contribution in [-0.2, 0) is 6.54 Å². The van der Waals surface area contributed by atoms with Gasteiger partial charge in [-0.2, -0.15) is 0 Å². The van der Waals surface area contributed by atoms with Gasteiger partial charge in [0, 0.05) is 43.9 Å². The van der Waals surface area contributed by atoms with Crippen LogP contribution in [-0.4, -0.2) is 36.2 Å². The quantitative estimate of drug-likeness (QED) is 0.357. The maximum absolute atomic E-state index is 6.25. The smallest absolute Gasteiger partial charge is 0.180 e. The predicted molar refractivity (Wildman–Crippen MR) is 130 cm³/mol. The van der Waals surface area contributed by atoms with E-state index in [1.807, 2.05) is 36.4 Å². The fraction of sp³-hybridized carbons (Fsp3) is 0.192. The van der Waals surface area contributed by atoms with Gasteiger partial charge in [-0.05, 0) is 42.0 Å². The first kappa shape index (κ1) is 20.9. The molecule has 6 heteroatoms. The van der Waals surface area contributed by atoms with E-state index in [-0.39, 0.29) is 0 Å². The fourth-order valence-electron chi connectivity index (χ4n) is 3.96. The van der Waals surface area contributed by atoms with Crippen molar-refractivity contribution >= 4 is 40.0 Å². The van der Waals surface area contributed by atoms with E-state index in [1.54, 1.807) is 6.07 Å². The average Bonchev–Trinajstić information content (AvgIpc) is 3.25. The number of aromatic nitrogens is 1. The second-order valence-corrected chi connectivity index (χ2v) is 8.60. The van der Waals surface area contributed by atoms with Gasteiger partial charge < -0.3 is 9.42 Å². The van der Waals surface area contributed by atoms with Crippen molar-refractivity contribution in [1.29, 1.82) is 0 Å². The molecule has 0 amide bonds. The average molecular weight is 462 g/mol. The molecule has 1 aromatic heterocycles. The number of piperazine rings is 1. The highest BCUT2D eigenvalue weighted by molar-refractivity contribution is 6.42. The maximum atomic E-state index is 6.25. The molecule has 4 nitrogen and oxygen atoms in total. The Morgan fingerprint density at radius 1 is 0.875 bits per heavy atom. The molecule has 1 aliphatic rings. The second kappa shape index (κ2) is 9.26. The Balaban J connectivity index is 1.23. The van der Waals surface area contributed by atoms with Gasteiger partial charge in [-0.1, -0.05) is 70.5 Å². The number of halogens is 2. The van der Waals surface area contributed by atoms with Crippen LogP contribution in [0.25, 0.3) is 11.0 Å². The minimum Gasteiger partial charge on any atom is -0.354 e. The minimum atomic E-state index is 0.496. The molecule has 0 atom stereocenters. The number of benzene rings is 3.